The third-order valence-electron chi connectivity index (χ3n) is 6.14. The molecular weight excluding hydrogens is 466 g/mol. The van der Waals surface area contributed by atoms with Crippen molar-refractivity contribution >= 4 is 34.4 Å². The standard InChI is InChI=1S/C28H29N7O2/c1-18(2)32-27(36)20-7-9-22(10-8-20)33-26-25-24(30-17-31-26)12-11-23(34-25)19-3-5-21(6-4-19)28(37)35-15-13-29-14-16-35/h3-12,17-18,29H,13-16H2,1-2H3,(H,32,36)(H,30,31,33). The fraction of sp³-hybridized carbons (Fsp3) is 0.250. The number of hydrogen-bond donors (Lipinski definition) is 3. The highest BCUT2D eigenvalue weighted by Gasteiger charge is 2.18. The lowest BCUT2D eigenvalue weighted by Gasteiger charge is -2.27. The smallest absolute Gasteiger partial charge is 0.253 e. The Hall–Kier alpha value is -4.37. The van der Waals surface area contributed by atoms with Crippen molar-refractivity contribution in [3.05, 3.63) is 78.1 Å². The monoisotopic (exact) mass is 495 g/mol. The molecule has 37 heavy (non-hydrogen) atoms. The minimum absolute atomic E-state index is 0.0483. The van der Waals surface area contributed by atoms with Gasteiger partial charge < -0.3 is 20.9 Å². The van der Waals surface area contributed by atoms with Gasteiger partial charge in [0.15, 0.2) is 5.82 Å². The van der Waals surface area contributed by atoms with E-state index in [0.29, 0.717) is 28.0 Å². The molecule has 0 aliphatic carbocycles. The first-order chi connectivity index (χ1) is 18.0. The highest BCUT2D eigenvalue weighted by molar-refractivity contribution is 5.96. The van der Waals surface area contributed by atoms with Crippen LogP contribution in [0.25, 0.3) is 22.3 Å². The van der Waals surface area contributed by atoms with E-state index >= 15 is 0 Å². The summed E-state index contributed by atoms with van der Waals surface area (Å²) in [5, 5.41) is 9.44. The second kappa shape index (κ2) is 10.7. The van der Waals surface area contributed by atoms with Gasteiger partial charge in [-0.3, -0.25) is 9.59 Å². The van der Waals surface area contributed by atoms with Crippen molar-refractivity contribution in [2.75, 3.05) is 31.5 Å². The van der Waals surface area contributed by atoms with Crippen LogP contribution in [0.5, 0.6) is 0 Å². The molecule has 0 radical (unpaired) electrons. The summed E-state index contributed by atoms with van der Waals surface area (Å²) in [7, 11) is 0. The highest BCUT2D eigenvalue weighted by Crippen LogP contribution is 2.26. The predicted octanol–water partition coefficient (Wildman–Crippen LogP) is 3.62. The molecule has 3 N–H and O–H groups in total. The normalized spacial score (nSPS) is 13.5. The molecule has 1 aliphatic rings. The molecule has 4 aromatic rings. The van der Waals surface area contributed by atoms with Crippen LogP contribution in [0.2, 0.25) is 0 Å². The van der Waals surface area contributed by atoms with Crippen molar-refractivity contribution in [2.45, 2.75) is 19.9 Å². The summed E-state index contributed by atoms with van der Waals surface area (Å²) in [5.74, 6) is 0.504. The third-order valence-corrected chi connectivity index (χ3v) is 6.14. The molecule has 2 aromatic carbocycles. The van der Waals surface area contributed by atoms with Gasteiger partial charge in [0, 0.05) is 54.6 Å². The molecule has 5 rings (SSSR count). The number of piperazine rings is 1. The SMILES string of the molecule is CC(C)NC(=O)c1ccc(Nc2ncnc3ccc(-c4ccc(C(=O)N5CCNCC5)cc4)nc23)cc1. The molecule has 188 valence electrons. The van der Waals surface area contributed by atoms with Crippen molar-refractivity contribution in [3.63, 3.8) is 0 Å². The maximum absolute atomic E-state index is 12.8. The summed E-state index contributed by atoms with van der Waals surface area (Å²) in [6, 6.07) is 18.6. The molecule has 3 heterocycles. The Balaban J connectivity index is 1.36. The van der Waals surface area contributed by atoms with E-state index in [4.69, 9.17) is 4.98 Å². The van der Waals surface area contributed by atoms with E-state index in [-0.39, 0.29) is 17.9 Å². The van der Waals surface area contributed by atoms with E-state index in [1.165, 1.54) is 6.33 Å². The molecule has 2 aromatic heterocycles. The number of rotatable bonds is 6. The molecule has 0 atom stereocenters. The molecule has 0 saturated carbocycles. The largest absolute Gasteiger partial charge is 0.350 e. The molecule has 1 saturated heterocycles. The molecule has 2 amide bonds. The average molecular weight is 496 g/mol. The van der Waals surface area contributed by atoms with Crippen LogP contribution in [0.1, 0.15) is 34.6 Å². The van der Waals surface area contributed by atoms with Crippen LogP contribution in [-0.4, -0.2) is 63.9 Å². The van der Waals surface area contributed by atoms with Gasteiger partial charge in [-0.25, -0.2) is 15.0 Å². The van der Waals surface area contributed by atoms with Crippen LogP contribution in [-0.2, 0) is 0 Å². The lowest BCUT2D eigenvalue weighted by Crippen LogP contribution is -2.46. The molecule has 0 spiro atoms. The summed E-state index contributed by atoms with van der Waals surface area (Å²) >= 11 is 0. The summed E-state index contributed by atoms with van der Waals surface area (Å²) in [4.78, 5) is 40.5. The first-order valence-electron chi connectivity index (χ1n) is 12.4. The van der Waals surface area contributed by atoms with Gasteiger partial charge in [0.2, 0.25) is 0 Å². The predicted molar refractivity (Wildman–Crippen MR) is 144 cm³/mol. The van der Waals surface area contributed by atoms with Gasteiger partial charge in [-0.1, -0.05) is 12.1 Å². The second-order valence-electron chi connectivity index (χ2n) is 9.24. The zero-order valence-electron chi connectivity index (χ0n) is 20.9. The van der Waals surface area contributed by atoms with Gasteiger partial charge in [-0.15, -0.1) is 0 Å². The minimum atomic E-state index is -0.110. The molecule has 1 aliphatic heterocycles. The fourth-order valence-corrected chi connectivity index (χ4v) is 4.21. The molecule has 9 nitrogen and oxygen atoms in total. The number of amides is 2. The van der Waals surface area contributed by atoms with Gasteiger partial charge in [0.1, 0.15) is 11.8 Å². The summed E-state index contributed by atoms with van der Waals surface area (Å²) < 4.78 is 0. The van der Waals surface area contributed by atoms with Crippen molar-refractivity contribution in [2.24, 2.45) is 0 Å². The fourth-order valence-electron chi connectivity index (χ4n) is 4.21. The van der Waals surface area contributed by atoms with Crippen LogP contribution < -0.4 is 16.0 Å². The number of nitrogens with zero attached hydrogens (tertiary/aromatic N) is 4. The molecule has 9 heteroatoms. The van der Waals surface area contributed by atoms with Gasteiger partial charge >= 0.3 is 0 Å². The molecule has 1 fully saturated rings. The number of anilines is 2. The van der Waals surface area contributed by atoms with Gasteiger partial charge in [0.25, 0.3) is 11.8 Å². The Labute approximate surface area is 215 Å². The Kier molecular flexibility index (Phi) is 7.04. The van der Waals surface area contributed by atoms with Crippen LogP contribution in [0.4, 0.5) is 11.5 Å². The van der Waals surface area contributed by atoms with Crippen molar-refractivity contribution in [1.82, 2.24) is 30.5 Å². The minimum Gasteiger partial charge on any atom is -0.350 e. The number of fused-ring (bicyclic) bond motifs is 1. The second-order valence-corrected chi connectivity index (χ2v) is 9.24. The number of carbonyl (C=O) groups excluding carboxylic acids is 2. The van der Waals surface area contributed by atoms with Crippen LogP contribution >= 0.6 is 0 Å². The van der Waals surface area contributed by atoms with Crippen molar-refractivity contribution in [3.8, 4) is 11.3 Å². The first kappa shape index (κ1) is 24.3. The number of benzene rings is 2. The van der Waals surface area contributed by atoms with Gasteiger partial charge in [0.05, 0.1) is 11.2 Å². The summed E-state index contributed by atoms with van der Waals surface area (Å²) in [6.45, 7) is 6.93. The van der Waals surface area contributed by atoms with Crippen LogP contribution in [0.15, 0.2) is 67.0 Å². The molecule has 0 unspecified atom stereocenters. The van der Waals surface area contributed by atoms with Crippen LogP contribution in [0.3, 0.4) is 0 Å². The first-order valence-corrected chi connectivity index (χ1v) is 12.4. The lowest BCUT2D eigenvalue weighted by atomic mass is 10.1. The van der Waals surface area contributed by atoms with E-state index in [9.17, 15) is 9.59 Å². The lowest BCUT2D eigenvalue weighted by molar-refractivity contribution is 0.0735. The van der Waals surface area contributed by atoms with E-state index in [1.807, 2.05) is 67.3 Å². The Morgan fingerprint density at radius 1 is 0.892 bits per heavy atom. The van der Waals surface area contributed by atoms with E-state index in [2.05, 4.69) is 25.9 Å². The van der Waals surface area contributed by atoms with E-state index in [0.717, 1.165) is 43.1 Å². The number of pyridine rings is 1. The number of carbonyl (C=O) groups is 2. The van der Waals surface area contributed by atoms with E-state index in [1.54, 1.807) is 12.1 Å². The Morgan fingerprint density at radius 2 is 1.59 bits per heavy atom. The van der Waals surface area contributed by atoms with Crippen molar-refractivity contribution in [1.29, 1.82) is 0 Å². The quantitative estimate of drug-likeness (QED) is 0.375. The van der Waals surface area contributed by atoms with E-state index < -0.39 is 0 Å². The molecular formula is C28H29N7O2. The number of hydrogen-bond acceptors (Lipinski definition) is 7. The summed E-state index contributed by atoms with van der Waals surface area (Å²) in [5.41, 5.74) is 5.03. The average Bonchev–Trinajstić information content (AvgIpc) is 2.93. The van der Waals surface area contributed by atoms with Crippen molar-refractivity contribution < 1.29 is 9.59 Å². The van der Waals surface area contributed by atoms with Crippen LogP contribution in [0, 0.1) is 0 Å². The summed E-state index contributed by atoms with van der Waals surface area (Å²) in [6.07, 6.45) is 1.49. The zero-order chi connectivity index (χ0) is 25.8. The molecule has 0 bridgehead atoms. The maximum Gasteiger partial charge on any atom is 0.253 e. The third kappa shape index (κ3) is 5.57. The zero-order valence-corrected chi connectivity index (χ0v) is 20.9. The Morgan fingerprint density at radius 3 is 2.30 bits per heavy atom. The number of nitrogens with one attached hydrogen (secondary N) is 3. The maximum atomic E-state index is 12.8. The Bertz CT molecular complexity index is 1410. The topological polar surface area (TPSA) is 112 Å². The number of aromatic nitrogens is 3. The van der Waals surface area contributed by atoms with Gasteiger partial charge in [-0.05, 0) is 62.4 Å². The van der Waals surface area contributed by atoms with Gasteiger partial charge in [-0.2, -0.15) is 0 Å². The highest BCUT2D eigenvalue weighted by atomic mass is 16.2.